The molecule has 1 aromatic rings. The fraction of sp³-hybridized carbons (Fsp3) is 0.579. The number of carbonyl (C=O) groups excluding carboxylic acids is 1. The smallest absolute Gasteiger partial charge is 0.416 e. The largest absolute Gasteiger partial charge is 0.480 e. The number of alkyl halides is 3. The minimum absolute atomic E-state index is 0.0572. The van der Waals surface area contributed by atoms with Crippen LogP contribution >= 0.6 is 0 Å². The fourth-order valence-electron chi connectivity index (χ4n) is 3.48. The molecule has 1 saturated carbocycles. The Morgan fingerprint density at radius 1 is 1.21 bits per heavy atom. The van der Waals surface area contributed by atoms with Gasteiger partial charge in [-0.15, -0.1) is 0 Å². The molecule has 2 aliphatic rings. The van der Waals surface area contributed by atoms with Gasteiger partial charge in [-0.05, 0) is 38.0 Å². The van der Waals surface area contributed by atoms with Gasteiger partial charge in [0.1, 0.15) is 6.04 Å². The van der Waals surface area contributed by atoms with E-state index in [1.807, 2.05) is 4.90 Å². The lowest BCUT2D eigenvalue weighted by Gasteiger charge is -2.37. The predicted octanol–water partition coefficient (Wildman–Crippen LogP) is 2.29. The molecule has 1 saturated heterocycles. The van der Waals surface area contributed by atoms with Crippen molar-refractivity contribution in [2.45, 2.75) is 38.0 Å². The van der Waals surface area contributed by atoms with Gasteiger partial charge in [0, 0.05) is 37.9 Å². The predicted molar refractivity (Wildman–Crippen MR) is 97.1 cm³/mol. The number of carboxylic acid groups (broad SMARTS) is 1. The fourth-order valence-corrected chi connectivity index (χ4v) is 3.48. The molecule has 1 aromatic carbocycles. The van der Waals surface area contributed by atoms with Gasteiger partial charge in [-0.1, -0.05) is 6.07 Å². The highest BCUT2D eigenvalue weighted by molar-refractivity contribution is 5.80. The molecule has 3 rings (SSSR count). The molecule has 28 heavy (non-hydrogen) atoms. The topological polar surface area (TPSA) is 64.1 Å². The van der Waals surface area contributed by atoms with Crippen molar-refractivity contribution >= 4 is 17.6 Å². The lowest BCUT2D eigenvalue weighted by molar-refractivity contribution is -0.144. The van der Waals surface area contributed by atoms with Gasteiger partial charge < -0.3 is 14.9 Å². The third-order valence-corrected chi connectivity index (χ3v) is 5.36. The van der Waals surface area contributed by atoms with Gasteiger partial charge in [0.2, 0.25) is 5.91 Å². The van der Waals surface area contributed by atoms with E-state index in [1.54, 1.807) is 22.8 Å². The molecule has 1 aliphatic heterocycles. The molecule has 1 amide bonds. The van der Waals surface area contributed by atoms with Crippen LogP contribution < -0.4 is 4.90 Å². The summed E-state index contributed by atoms with van der Waals surface area (Å²) in [5, 5.41) is 9.24. The van der Waals surface area contributed by atoms with Crippen molar-refractivity contribution in [1.82, 2.24) is 9.80 Å². The summed E-state index contributed by atoms with van der Waals surface area (Å²) in [5.41, 5.74) is -0.202. The van der Waals surface area contributed by atoms with Crippen molar-refractivity contribution in [2.24, 2.45) is 0 Å². The molecule has 0 radical (unpaired) electrons. The first-order chi connectivity index (χ1) is 13.2. The Hall–Kier alpha value is -2.29. The summed E-state index contributed by atoms with van der Waals surface area (Å²) in [5.74, 6) is -1.09. The Labute approximate surface area is 161 Å². The molecule has 2 fully saturated rings. The number of benzene rings is 1. The average molecular weight is 399 g/mol. The number of carboxylic acids is 1. The van der Waals surface area contributed by atoms with E-state index < -0.39 is 23.8 Å². The summed E-state index contributed by atoms with van der Waals surface area (Å²) in [7, 11) is 0. The third-order valence-electron chi connectivity index (χ3n) is 5.36. The Morgan fingerprint density at radius 3 is 2.39 bits per heavy atom. The molecule has 1 unspecified atom stereocenters. The van der Waals surface area contributed by atoms with Gasteiger partial charge in [-0.2, -0.15) is 13.2 Å². The summed E-state index contributed by atoms with van der Waals surface area (Å²) in [6, 6.07) is 4.61. The number of piperazine rings is 1. The number of aliphatic carboxylic acids is 1. The summed E-state index contributed by atoms with van der Waals surface area (Å²) < 4.78 is 38.7. The number of hydrogen-bond donors (Lipinski definition) is 1. The maximum Gasteiger partial charge on any atom is 0.416 e. The molecule has 154 valence electrons. The SMILES string of the molecule is CC(C(=O)O)N(CC(=O)N1CCN(c2cccc(C(F)(F)F)c2)CC1)C1CC1. The Bertz CT molecular complexity index is 729. The lowest BCUT2D eigenvalue weighted by atomic mass is 10.1. The summed E-state index contributed by atoms with van der Waals surface area (Å²) in [6.07, 6.45) is -2.59. The molecule has 1 heterocycles. The zero-order valence-electron chi connectivity index (χ0n) is 15.7. The normalized spacial score (nSPS) is 19.0. The summed E-state index contributed by atoms with van der Waals surface area (Å²) in [4.78, 5) is 29.1. The van der Waals surface area contributed by atoms with Gasteiger partial charge >= 0.3 is 12.1 Å². The first-order valence-corrected chi connectivity index (χ1v) is 9.35. The van der Waals surface area contributed by atoms with Crippen molar-refractivity contribution < 1.29 is 27.9 Å². The van der Waals surface area contributed by atoms with E-state index in [4.69, 9.17) is 0 Å². The molecule has 0 bridgehead atoms. The van der Waals surface area contributed by atoms with Crippen LogP contribution in [-0.4, -0.2) is 71.6 Å². The minimum Gasteiger partial charge on any atom is -0.480 e. The second-order valence-corrected chi connectivity index (χ2v) is 7.33. The molecule has 9 heteroatoms. The van der Waals surface area contributed by atoms with Crippen molar-refractivity contribution in [3.63, 3.8) is 0 Å². The standard InChI is InChI=1S/C19H24F3N3O3/c1-13(18(27)28)25(15-5-6-15)12-17(26)24-9-7-23(8-10-24)16-4-2-3-14(11-16)19(20,21)22/h2-4,11,13,15H,5-10,12H2,1H3,(H,27,28). The minimum atomic E-state index is -4.39. The molecule has 1 N–H and O–H groups in total. The highest BCUT2D eigenvalue weighted by Gasteiger charge is 2.37. The monoisotopic (exact) mass is 399 g/mol. The van der Waals surface area contributed by atoms with Gasteiger partial charge in [0.05, 0.1) is 12.1 Å². The van der Waals surface area contributed by atoms with Crippen LogP contribution in [0, 0.1) is 0 Å². The number of rotatable bonds is 6. The number of halogens is 3. The maximum absolute atomic E-state index is 12.9. The Balaban J connectivity index is 1.57. The van der Waals surface area contributed by atoms with Crippen LogP contribution in [0.3, 0.4) is 0 Å². The van der Waals surface area contributed by atoms with Crippen LogP contribution in [0.5, 0.6) is 0 Å². The molecule has 1 atom stereocenters. The van der Waals surface area contributed by atoms with Crippen LogP contribution in [0.15, 0.2) is 24.3 Å². The van der Waals surface area contributed by atoms with Crippen LogP contribution in [0.4, 0.5) is 18.9 Å². The lowest BCUT2D eigenvalue weighted by Crippen LogP contribution is -2.53. The molecule has 1 aliphatic carbocycles. The molecule has 0 aromatic heterocycles. The van der Waals surface area contributed by atoms with E-state index in [1.165, 1.54) is 6.07 Å². The van der Waals surface area contributed by atoms with Crippen LogP contribution in [-0.2, 0) is 15.8 Å². The average Bonchev–Trinajstić information content (AvgIpc) is 3.50. The van der Waals surface area contributed by atoms with E-state index >= 15 is 0 Å². The summed E-state index contributed by atoms with van der Waals surface area (Å²) >= 11 is 0. The van der Waals surface area contributed by atoms with E-state index in [2.05, 4.69) is 0 Å². The summed E-state index contributed by atoms with van der Waals surface area (Å²) in [6.45, 7) is 3.31. The van der Waals surface area contributed by atoms with Crippen molar-refractivity contribution in [1.29, 1.82) is 0 Å². The highest BCUT2D eigenvalue weighted by Crippen LogP contribution is 2.32. The maximum atomic E-state index is 12.9. The number of hydrogen-bond acceptors (Lipinski definition) is 4. The third kappa shape index (κ3) is 4.76. The zero-order chi connectivity index (χ0) is 20.5. The quantitative estimate of drug-likeness (QED) is 0.795. The van der Waals surface area contributed by atoms with E-state index in [-0.39, 0.29) is 18.5 Å². The second-order valence-electron chi connectivity index (χ2n) is 7.33. The van der Waals surface area contributed by atoms with E-state index in [0.717, 1.165) is 25.0 Å². The highest BCUT2D eigenvalue weighted by atomic mass is 19.4. The van der Waals surface area contributed by atoms with Crippen molar-refractivity contribution in [3.8, 4) is 0 Å². The number of amides is 1. The Kier molecular flexibility index (Phi) is 5.83. The first-order valence-electron chi connectivity index (χ1n) is 9.35. The molecule has 0 spiro atoms. The van der Waals surface area contributed by atoms with Crippen LogP contribution in [0.1, 0.15) is 25.3 Å². The van der Waals surface area contributed by atoms with Gasteiger partial charge in [0.15, 0.2) is 0 Å². The second kappa shape index (κ2) is 7.98. The van der Waals surface area contributed by atoms with E-state index in [9.17, 15) is 27.9 Å². The van der Waals surface area contributed by atoms with Gasteiger partial charge in [-0.25, -0.2) is 0 Å². The number of nitrogens with zero attached hydrogens (tertiary/aromatic N) is 3. The first kappa shape index (κ1) is 20.4. The van der Waals surface area contributed by atoms with Crippen molar-refractivity contribution in [2.75, 3.05) is 37.6 Å². The molecular weight excluding hydrogens is 375 g/mol. The van der Waals surface area contributed by atoms with E-state index in [0.29, 0.717) is 31.9 Å². The molecule has 6 nitrogen and oxygen atoms in total. The number of anilines is 1. The Morgan fingerprint density at radius 2 is 1.86 bits per heavy atom. The molecular formula is C19H24F3N3O3. The van der Waals surface area contributed by atoms with Crippen LogP contribution in [0.2, 0.25) is 0 Å². The van der Waals surface area contributed by atoms with Crippen molar-refractivity contribution in [3.05, 3.63) is 29.8 Å². The van der Waals surface area contributed by atoms with Gasteiger partial charge in [-0.3, -0.25) is 14.5 Å². The number of carbonyl (C=O) groups is 2. The zero-order valence-corrected chi connectivity index (χ0v) is 15.7. The van der Waals surface area contributed by atoms with Gasteiger partial charge in [0.25, 0.3) is 0 Å². The van der Waals surface area contributed by atoms with Crippen LogP contribution in [0.25, 0.3) is 0 Å².